The van der Waals surface area contributed by atoms with E-state index in [1.165, 1.54) is 5.57 Å². The Kier molecular flexibility index (Phi) is 11.0. The number of phenols is 1. The molecule has 0 spiro atoms. The molecule has 1 aromatic carbocycles. The third-order valence-electron chi connectivity index (χ3n) is 13.9. The molecule has 9 heteroatoms. The van der Waals surface area contributed by atoms with Crippen LogP contribution in [0.5, 0.6) is 11.5 Å². The van der Waals surface area contributed by atoms with E-state index in [1.807, 2.05) is 30.5 Å². The Morgan fingerprint density at radius 1 is 1.00 bits per heavy atom. The maximum Gasteiger partial charge on any atom is 0.161 e. The summed E-state index contributed by atoms with van der Waals surface area (Å²) in [6.07, 6.45) is 17.9. The molecule has 1 saturated carbocycles. The van der Waals surface area contributed by atoms with E-state index in [0.29, 0.717) is 31.1 Å². The number of phenolic OH excluding ortho intramolecular Hbond substituents is 1. The zero-order valence-electron chi connectivity index (χ0n) is 32.0. The fraction of sp³-hybridized carbons (Fsp3) is 0.565. The number of fused-ring (bicyclic) bond motifs is 4. The molecule has 2 aromatic rings. The highest BCUT2D eigenvalue weighted by Gasteiger charge is 2.52. The second-order valence-corrected chi connectivity index (χ2v) is 17.1. The number of H-pyrrole nitrogens is 1. The quantitative estimate of drug-likeness (QED) is 0.131. The molecule has 9 nitrogen and oxygen atoms in total. The van der Waals surface area contributed by atoms with Gasteiger partial charge >= 0.3 is 0 Å². The number of benzene rings is 1. The lowest BCUT2D eigenvalue weighted by Crippen LogP contribution is -2.53. The molecule has 0 saturated heterocycles. The Bertz CT molecular complexity index is 1880. The minimum absolute atomic E-state index is 0.0156. The Hall–Kier alpha value is -3.94. The third kappa shape index (κ3) is 7.28. The van der Waals surface area contributed by atoms with Crippen LogP contribution in [-0.4, -0.2) is 67.6 Å². The van der Waals surface area contributed by atoms with Gasteiger partial charge in [0.05, 0.1) is 18.0 Å². The van der Waals surface area contributed by atoms with E-state index in [0.717, 1.165) is 86.6 Å². The van der Waals surface area contributed by atoms with Gasteiger partial charge in [-0.3, -0.25) is 0 Å². The maximum atomic E-state index is 11.9. The minimum atomic E-state index is -1.26. The van der Waals surface area contributed by atoms with Gasteiger partial charge in [0.2, 0.25) is 0 Å². The van der Waals surface area contributed by atoms with Crippen LogP contribution in [0.3, 0.4) is 0 Å². The number of hydrogen-bond acceptors (Lipinski definition) is 8. The summed E-state index contributed by atoms with van der Waals surface area (Å²) >= 11 is 0. The van der Waals surface area contributed by atoms with Crippen LogP contribution in [0.4, 0.5) is 0 Å². The number of ether oxygens (including phenoxy) is 1. The highest BCUT2D eigenvalue weighted by Crippen LogP contribution is 2.55. The molecule has 0 amide bonds. The first kappa shape index (κ1) is 38.0. The van der Waals surface area contributed by atoms with Crippen molar-refractivity contribution in [2.75, 3.05) is 6.54 Å². The number of aromatic hydroxyl groups is 1. The van der Waals surface area contributed by atoms with Crippen LogP contribution in [0.25, 0.3) is 0 Å². The van der Waals surface area contributed by atoms with E-state index < -0.39 is 30.5 Å². The van der Waals surface area contributed by atoms with Crippen molar-refractivity contribution in [1.29, 1.82) is 0 Å². The average Bonchev–Trinajstić information content (AvgIpc) is 3.87. The number of aromatic amines is 1. The zero-order valence-corrected chi connectivity index (χ0v) is 32.0. The van der Waals surface area contributed by atoms with Crippen molar-refractivity contribution in [3.05, 3.63) is 94.6 Å². The van der Waals surface area contributed by atoms with Crippen LogP contribution < -0.4 is 15.8 Å². The molecule has 5 aliphatic carbocycles. The van der Waals surface area contributed by atoms with Crippen LogP contribution in [0.2, 0.25) is 0 Å². The molecule has 1 aliphatic heterocycles. The lowest BCUT2D eigenvalue weighted by Gasteiger charge is -2.47. The topological polar surface area (TPSA) is 164 Å². The van der Waals surface area contributed by atoms with Gasteiger partial charge in [0.25, 0.3) is 0 Å². The van der Waals surface area contributed by atoms with Crippen molar-refractivity contribution < 1.29 is 30.3 Å². The van der Waals surface area contributed by atoms with Gasteiger partial charge in [-0.1, -0.05) is 74.3 Å². The number of nitrogens with one attached hydrogen (secondary N) is 2. The molecule has 55 heavy (non-hydrogen) atoms. The van der Waals surface area contributed by atoms with E-state index in [9.17, 15) is 25.5 Å². The molecule has 0 radical (unpaired) electrons. The van der Waals surface area contributed by atoms with E-state index in [1.54, 1.807) is 12.1 Å². The van der Waals surface area contributed by atoms with E-state index >= 15 is 0 Å². The van der Waals surface area contributed by atoms with Gasteiger partial charge in [-0.25, -0.2) is 0 Å². The second-order valence-electron chi connectivity index (χ2n) is 17.1. The number of dihydropyridines is 1. The number of rotatable bonds is 7. The van der Waals surface area contributed by atoms with Gasteiger partial charge in [-0.05, 0) is 98.4 Å². The van der Waals surface area contributed by atoms with E-state index in [-0.39, 0.29) is 46.5 Å². The van der Waals surface area contributed by atoms with Crippen LogP contribution in [0.15, 0.2) is 77.8 Å². The first-order chi connectivity index (χ1) is 26.7. The molecular formula is C46H59N3O6. The van der Waals surface area contributed by atoms with Crippen molar-refractivity contribution in [2.45, 2.75) is 126 Å². The van der Waals surface area contributed by atoms with E-state index in [2.05, 4.69) is 47.3 Å². The van der Waals surface area contributed by atoms with Gasteiger partial charge in [0, 0.05) is 59.4 Å². The normalized spacial score (nSPS) is 34.8. The summed E-state index contributed by atoms with van der Waals surface area (Å²) in [6, 6.07) is 7.86. The summed E-state index contributed by atoms with van der Waals surface area (Å²) in [6.45, 7) is 2.76. The summed E-state index contributed by atoms with van der Waals surface area (Å²) in [4.78, 5) is 3.53. The van der Waals surface area contributed by atoms with Crippen LogP contribution in [0, 0.1) is 41.4 Å². The van der Waals surface area contributed by atoms with Crippen molar-refractivity contribution >= 4 is 0 Å². The molecule has 2 heterocycles. The van der Waals surface area contributed by atoms with Gasteiger partial charge in [0.1, 0.15) is 18.3 Å². The van der Waals surface area contributed by atoms with Crippen LogP contribution >= 0.6 is 0 Å². The largest absolute Gasteiger partial charge is 0.504 e. The van der Waals surface area contributed by atoms with Crippen molar-refractivity contribution in [3.8, 4) is 23.3 Å². The number of aliphatic hydroxyl groups is 4. The van der Waals surface area contributed by atoms with Gasteiger partial charge in [0.15, 0.2) is 11.5 Å². The molecule has 1 aromatic heterocycles. The van der Waals surface area contributed by atoms with Gasteiger partial charge < -0.3 is 46.3 Å². The Morgan fingerprint density at radius 3 is 2.58 bits per heavy atom. The Morgan fingerprint density at radius 2 is 1.82 bits per heavy atom. The Balaban J connectivity index is 1.17. The number of allylic oxidation sites excluding steroid dienone is 4. The lowest BCUT2D eigenvalue weighted by molar-refractivity contribution is -0.0666. The molecular weight excluding hydrogens is 691 g/mol. The predicted octanol–water partition coefficient (Wildman–Crippen LogP) is 5.75. The maximum absolute atomic E-state index is 11.9. The molecule has 11 atom stereocenters. The van der Waals surface area contributed by atoms with Crippen LogP contribution in [0.1, 0.15) is 100 Å². The third-order valence-corrected chi connectivity index (χ3v) is 13.9. The molecule has 294 valence electrons. The number of hydrogen-bond donors (Lipinski definition) is 8. The summed E-state index contributed by atoms with van der Waals surface area (Å²) in [7, 11) is 0. The lowest BCUT2D eigenvalue weighted by atomic mass is 9.60. The predicted molar refractivity (Wildman–Crippen MR) is 213 cm³/mol. The first-order valence-electron chi connectivity index (χ1n) is 20.9. The number of aliphatic hydroxyl groups excluding tert-OH is 4. The molecule has 1 fully saturated rings. The first-order valence-corrected chi connectivity index (χ1v) is 20.9. The number of aryl methyl sites for hydroxylation is 1. The molecule has 6 aliphatic rings. The molecule has 11 unspecified atom stereocenters. The molecule has 9 N–H and O–H groups in total. The van der Waals surface area contributed by atoms with Gasteiger partial charge in [-0.15, -0.1) is 0 Å². The smallest absolute Gasteiger partial charge is 0.161 e. The monoisotopic (exact) mass is 749 g/mol. The summed E-state index contributed by atoms with van der Waals surface area (Å²) in [5, 5.41) is 61.0. The zero-order chi connectivity index (χ0) is 38.3. The Labute approximate surface area is 325 Å². The van der Waals surface area contributed by atoms with Crippen LogP contribution in [-0.2, 0) is 11.8 Å². The molecule has 8 rings (SSSR count). The highest BCUT2D eigenvalue weighted by atomic mass is 16.5. The number of aromatic nitrogens is 1. The van der Waals surface area contributed by atoms with Crippen molar-refractivity contribution in [2.24, 2.45) is 35.3 Å². The summed E-state index contributed by atoms with van der Waals surface area (Å²) in [5.41, 5.74) is 11.5. The fourth-order valence-electron chi connectivity index (χ4n) is 11.1. The summed E-state index contributed by atoms with van der Waals surface area (Å²) < 4.78 is 6.84. The second kappa shape index (κ2) is 15.9. The SMILES string of the molecule is CCC1C#CC2C=C3CCc4cc(O)c(OC5C(O)C(O)C=CC5C(C5=CCNC(N)=C5)C5(c6ccc[nH]6)CCCC5)cc4C3CC(O)C2C(O)CCCC1. The van der Waals surface area contributed by atoms with Gasteiger partial charge in [-0.2, -0.15) is 0 Å². The highest BCUT2D eigenvalue weighted by molar-refractivity contribution is 5.53. The average molecular weight is 750 g/mol. The standard InChI is InChI=1S/C46H59N3O6/c1-2-27-8-3-4-9-35(50)42-30(12-11-27)22-28-13-14-29-23-37(52)39(26-34(29)33(28)25-38(42)53)55-45-32(15-16-36(51)44(45)54)43(31-17-21-49-41(47)24-31)46(18-5-6-19-46)40-10-7-20-48-40/h7,10,15-17,20,22-24,26-27,30,32-33,35-36,38,42-45,48-54H,2-6,8-9,13-14,18-19,21,25,47H2,1H3. The number of nitrogens with two attached hydrogens (primary N) is 1. The van der Waals surface area contributed by atoms with Crippen molar-refractivity contribution in [3.63, 3.8) is 0 Å². The molecule has 0 bridgehead atoms. The van der Waals surface area contributed by atoms with E-state index in [4.69, 9.17) is 10.5 Å². The fourth-order valence-corrected chi connectivity index (χ4v) is 11.1. The summed E-state index contributed by atoms with van der Waals surface area (Å²) in [5.74, 6) is 6.88. The minimum Gasteiger partial charge on any atom is -0.504 e. The van der Waals surface area contributed by atoms with Crippen molar-refractivity contribution in [1.82, 2.24) is 10.3 Å².